The van der Waals surface area contributed by atoms with E-state index in [1.54, 1.807) is 6.92 Å². The molecule has 1 unspecified atom stereocenters. The molecule has 1 aliphatic rings. The van der Waals surface area contributed by atoms with Crippen molar-refractivity contribution >= 4 is 5.78 Å². The zero-order chi connectivity index (χ0) is 7.78. The van der Waals surface area contributed by atoms with E-state index >= 15 is 0 Å². The average Bonchev–Trinajstić information content (AvgIpc) is 2.13. The number of hydrogen-bond acceptors (Lipinski definition) is 2. The van der Waals surface area contributed by atoms with Gasteiger partial charge >= 0.3 is 0 Å². The van der Waals surface area contributed by atoms with Gasteiger partial charge in [0, 0.05) is 12.0 Å². The van der Waals surface area contributed by atoms with E-state index in [9.17, 15) is 4.79 Å². The minimum absolute atomic E-state index is 0.0469. The topological polar surface area (TPSA) is 20.3 Å². The largest absolute Gasteiger partial charge is 0.305 e. The molecule has 2 heteroatoms. The third-order valence-corrected chi connectivity index (χ3v) is 2.51. The number of nitrogens with zero attached hydrogens (tertiary/aromatic N) is 1. The van der Waals surface area contributed by atoms with Gasteiger partial charge in [0.2, 0.25) is 0 Å². The van der Waals surface area contributed by atoms with E-state index in [4.69, 9.17) is 0 Å². The van der Waals surface area contributed by atoms with Crippen molar-refractivity contribution in [3.63, 3.8) is 0 Å². The normalized spacial score (nSPS) is 34.7. The van der Waals surface area contributed by atoms with E-state index in [1.165, 1.54) is 0 Å². The van der Waals surface area contributed by atoms with E-state index in [-0.39, 0.29) is 5.41 Å². The fourth-order valence-corrected chi connectivity index (χ4v) is 1.48. The Morgan fingerprint density at radius 1 is 1.60 bits per heavy atom. The molecule has 1 aliphatic heterocycles. The molecule has 1 fully saturated rings. The lowest BCUT2D eigenvalue weighted by Crippen LogP contribution is -2.28. The van der Waals surface area contributed by atoms with Crippen LogP contribution in [0.4, 0.5) is 0 Å². The Morgan fingerprint density at radius 2 is 2.20 bits per heavy atom. The quantitative estimate of drug-likeness (QED) is 0.541. The second-order valence-corrected chi connectivity index (χ2v) is 3.60. The molecule has 0 aromatic rings. The summed E-state index contributed by atoms with van der Waals surface area (Å²) in [5.74, 6) is 0.330. The van der Waals surface area contributed by atoms with Crippen LogP contribution in [-0.2, 0) is 4.79 Å². The van der Waals surface area contributed by atoms with Crippen molar-refractivity contribution in [2.24, 2.45) is 5.41 Å². The molecule has 0 N–H and O–H groups in total. The summed E-state index contributed by atoms with van der Waals surface area (Å²) in [6.07, 6.45) is 1.03. The maximum Gasteiger partial charge on any atom is 0.137 e. The van der Waals surface area contributed by atoms with Crippen LogP contribution in [-0.4, -0.2) is 30.8 Å². The number of ketones is 1. The van der Waals surface area contributed by atoms with Crippen LogP contribution >= 0.6 is 0 Å². The smallest absolute Gasteiger partial charge is 0.137 e. The van der Waals surface area contributed by atoms with Gasteiger partial charge in [0.1, 0.15) is 5.78 Å². The Labute approximate surface area is 62.2 Å². The number of rotatable bonds is 1. The summed E-state index contributed by atoms with van der Waals surface area (Å²) < 4.78 is 0. The second-order valence-electron chi connectivity index (χ2n) is 3.60. The van der Waals surface area contributed by atoms with E-state index in [2.05, 4.69) is 18.9 Å². The number of hydrogen-bond donors (Lipinski definition) is 0. The minimum Gasteiger partial charge on any atom is -0.305 e. The van der Waals surface area contributed by atoms with Crippen molar-refractivity contribution in [2.75, 3.05) is 20.1 Å². The highest BCUT2D eigenvalue weighted by molar-refractivity contribution is 5.82. The van der Waals surface area contributed by atoms with Crippen LogP contribution in [0.2, 0.25) is 0 Å². The van der Waals surface area contributed by atoms with Crippen molar-refractivity contribution in [2.45, 2.75) is 20.3 Å². The van der Waals surface area contributed by atoms with Crippen molar-refractivity contribution in [1.29, 1.82) is 0 Å². The highest BCUT2D eigenvalue weighted by atomic mass is 16.1. The molecule has 0 aliphatic carbocycles. The van der Waals surface area contributed by atoms with Gasteiger partial charge in [-0.05, 0) is 26.9 Å². The van der Waals surface area contributed by atoms with Gasteiger partial charge in [-0.15, -0.1) is 0 Å². The molecule has 0 saturated carbocycles. The van der Waals surface area contributed by atoms with Crippen LogP contribution in [0.15, 0.2) is 0 Å². The van der Waals surface area contributed by atoms with E-state index in [0.29, 0.717) is 5.78 Å². The van der Waals surface area contributed by atoms with Gasteiger partial charge in [-0.3, -0.25) is 4.79 Å². The fourth-order valence-electron chi connectivity index (χ4n) is 1.48. The van der Waals surface area contributed by atoms with Gasteiger partial charge in [0.05, 0.1) is 0 Å². The molecule has 0 radical (unpaired) electrons. The second kappa shape index (κ2) is 2.35. The monoisotopic (exact) mass is 141 g/mol. The molecular weight excluding hydrogens is 126 g/mol. The summed E-state index contributed by atoms with van der Waals surface area (Å²) in [7, 11) is 2.06. The lowest BCUT2D eigenvalue weighted by molar-refractivity contribution is -0.125. The highest BCUT2D eigenvalue weighted by Gasteiger charge is 2.35. The molecule has 0 aromatic carbocycles. The molecule has 0 aromatic heterocycles. The molecule has 1 rings (SSSR count). The standard InChI is InChI=1S/C8H15NO/c1-7(10)8(2)4-5-9(3)6-8/h4-6H2,1-3H3. The fraction of sp³-hybridized carbons (Fsp3) is 0.875. The van der Waals surface area contributed by atoms with Crippen LogP contribution < -0.4 is 0 Å². The Morgan fingerprint density at radius 3 is 2.40 bits per heavy atom. The molecule has 1 saturated heterocycles. The Bertz CT molecular complexity index is 155. The van der Waals surface area contributed by atoms with Crippen LogP contribution in [0, 0.1) is 5.41 Å². The predicted molar refractivity (Wildman–Crippen MR) is 40.9 cm³/mol. The zero-order valence-corrected chi connectivity index (χ0v) is 6.98. The number of carbonyl (C=O) groups is 1. The van der Waals surface area contributed by atoms with Gasteiger partial charge in [-0.25, -0.2) is 0 Å². The predicted octanol–water partition coefficient (Wildman–Crippen LogP) is 0.917. The summed E-state index contributed by atoms with van der Waals surface area (Å²) in [4.78, 5) is 13.3. The van der Waals surface area contributed by atoms with Gasteiger partial charge in [0.15, 0.2) is 0 Å². The van der Waals surface area contributed by atoms with Crippen molar-refractivity contribution in [3.05, 3.63) is 0 Å². The first kappa shape index (κ1) is 7.73. The molecule has 10 heavy (non-hydrogen) atoms. The summed E-state index contributed by atoms with van der Waals surface area (Å²) in [5.41, 5.74) is -0.0469. The first-order valence-electron chi connectivity index (χ1n) is 3.74. The van der Waals surface area contributed by atoms with Crippen LogP contribution in [0.5, 0.6) is 0 Å². The lowest BCUT2D eigenvalue weighted by atomic mass is 9.86. The molecule has 2 nitrogen and oxygen atoms in total. The molecule has 0 spiro atoms. The number of carbonyl (C=O) groups excluding carboxylic acids is 1. The van der Waals surface area contributed by atoms with Crippen LogP contribution in [0.25, 0.3) is 0 Å². The molecule has 0 bridgehead atoms. The first-order chi connectivity index (χ1) is 4.54. The third kappa shape index (κ3) is 1.21. The van der Waals surface area contributed by atoms with Crippen LogP contribution in [0.3, 0.4) is 0 Å². The van der Waals surface area contributed by atoms with Crippen LogP contribution in [0.1, 0.15) is 20.3 Å². The van der Waals surface area contributed by atoms with Gasteiger partial charge in [-0.2, -0.15) is 0 Å². The van der Waals surface area contributed by atoms with Gasteiger partial charge in [-0.1, -0.05) is 6.92 Å². The van der Waals surface area contributed by atoms with E-state index in [0.717, 1.165) is 19.5 Å². The Hall–Kier alpha value is -0.370. The molecule has 0 amide bonds. The third-order valence-electron chi connectivity index (χ3n) is 2.51. The summed E-state index contributed by atoms with van der Waals surface area (Å²) >= 11 is 0. The van der Waals surface area contributed by atoms with Gasteiger partial charge in [0.25, 0.3) is 0 Å². The highest BCUT2D eigenvalue weighted by Crippen LogP contribution is 2.29. The SMILES string of the molecule is CC(=O)C1(C)CCN(C)C1. The Balaban J connectivity index is 2.63. The molecular formula is C8H15NO. The van der Waals surface area contributed by atoms with Crippen molar-refractivity contribution in [3.8, 4) is 0 Å². The molecule has 58 valence electrons. The summed E-state index contributed by atoms with van der Waals surface area (Å²) in [6, 6.07) is 0. The zero-order valence-electron chi connectivity index (χ0n) is 6.98. The number of Topliss-reactive ketones (excluding diaryl/α,β-unsaturated/α-hetero) is 1. The maximum atomic E-state index is 11.1. The van der Waals surface area contributed by atoms with Crippen molar-refractivity contribution < 1.29 is 4.79 Å². The Kier molecular flexibility index (Phi) is 1.82. The minimum atomic E-state index is -0.0469. The maximum absolute atomic E-state index is 11.1. The van der Waals surface area contributed by atoms with Crippen molar-refractivity contribution in [1.82, 2.24) is 4.90 Å². The average molecular weight is 141 g/mol. The lowest BCUT2D eigenvalue weighted by Gasteiger charge is -2.19. The number of likely N-dealkylation sites (tertiary alicyclic amines) is 1. The summed E-state index contributed by atoms with van der Waals surface area (Å²) in [5, 5.41) is 0. The van der Waals surface area contributed by atoms with Gasteiger partial charge < -0.3 is 4.90 Å². The first-order valence-corrected chi connectivity index (χ1v) is 3.74. The molecule has 1 atom stereocenters. The van der Waals surface area contributed by atoms with E-state index < -0.39 is 0 Å². The molecule has 1 heterocycles. The summed E-state index contributed by atoms with van der Waals surface area (Å²) in [6.45, 7) is 5.75. The van der Waals surface area contributed by atoms with E-state index in [1.807, 2.05) is 0 Å².